The predicted molar refractivity (Wildman–Crippen MR) is 125 cm³/mol. The van der Waals surface area contributed by atoms with Gasteiger partial charge in [-0.25, -0.2) is 4.79 Å². The topological polar surface area (TPSA) is 73.0 Å². The van der Waals surface area contributed by atoms with Crippen molar-refractivity contribution < 1.29 is 27.6 Å². The minimum atomic E-state index is -4.68. The summed E-state index contributed by atoms with van der Waals surface area (Å²) in [6.45, 7) is 9.77. The third-order valence-corrected chi connectivity index (χ3v) is 6.35. The van der Waals surface area contributed by atoms with E-state index in [2.05, 4.69) is 11.9 Å². The lowest BCUT2D eigenvalue weighted by Gasteiger charge is -2.33. The number of nitrogens with zero attached hydrogens (tertiary/aromatic N) is 3. The molecule has 4 amide bonds. The van der Waals surface area contributed by atoms with Crippen LogP contribution in [0.25, 0.3) is 0 Å². The summed E-state index contributed by atoms with van der Waals surface area (Å²) in [5, 5.41) is 2.58. The number of hydrogen-bond donors (Lipinski definition) is 1. The van der Waals surface area contributed by atoms with E-state index in [1.807, 2.05) is 20.8 Å². The summed E-state index contributed by atoms with van der Waals surface area (Å²) in [7, 11) is 1.64. The zero-order valence-corrected chi connectivity index (χ0v) is 20.4. The maximum atomic E-state index is 13.8. The van der Waals surface area contributed by atoms with Gasteiger partial charge >= 0.3 is 12.2 Å². The molecule has 2 aliphatic rings. The minimum absolute atomic E-state index is 0.0452. The summed E-state index contributed by atoms with van der Waals surface area (Å²) in [5.41, 5.74) is -0.807. The van der Waals surface area contributed by atoms with Gasteiger partial charge in [-0.1, -0.05) is 38.1 Å². The van der Waals surface area contributed by atoms with Crippen LogP contribution in [0.1, 0.15) is 44.4 Å². The molecule has 1 aromatic rings. The van der Waals surface area contributed by atoms with Gasteiger partial charge in [0.1, 0.15) is 6.04 Å². The zero-order valence-electron chi connectivity index (χ0n) is 20.4. The molecule has 0 radical (unpaired) electrons. The standard InChI is InChI=1S/C25H31F3N4O3/c1-6-12-31-19-14-32(18(13-15(3)4)22(33)30(5)7-2)23(34)20(19)21(29-24(31)35)16-10-8-9-11-17(16)25(26,27)28/h6,8-11,15,18,21H,1,7,12-14H2,2-5H3,(H,29,35)/t18-,21-/m1/s1. The number of nitrogens with one attached hydrogen (secondary N) is 1. The number of halogens is 3. The van der Waals surface area contributed by atoms with Crippen molar-refractivity contribution in [3.8, 4) is 0 Å². The van der Waals surface area contributed by atoms with Gasteiger partial charge in [0.05, 0.1) is 29.4 Å². The number of carbonyl (C=O) groups excluding carboxylic acids is 3. The van der Waals surface area contributed by atoms with Gasteiger partial charge in [0, 0.05) is 20.1 Å². The lowest BCUT2D eigenvalue weighted by atomic mass is 9.91. The molecule has 2 heterocycles. The second-order valence-corrected chi connectivity index (χ2v) is 9.16. The fourth-order valence-corrected chi connectivity index (χ4v) is 4.55. The molecule has 0 saturated carbocycles. The van der Waals surface area contributed by atoms with E-state index >= 15 is 0 Å². The first-order valence-corrected chi connectivity index (χ1v) is 11.6. The maximum absolute atomic E-state index is 13.8. The van der Waals surface area contributed by atoms with Gasteiger partial charge in [-0.15, -0.1) is 6.58 Å². The fraction of sp³-hybridized carbons (Fsp3) is 0.480. The van der Waals surface area contributed by atoms with Gasteiger partial charge in [-0.3, -0.25) is 14.5 Å². The van der Waals surface area contributed by atoms with Crippen LogP contribution in [0.5, 0.6) is 0 Å². The molecule has 0 saturated heterocycles. The number of alkyl halides is 3. The highest BCUT2D eigenvalue weighted by Crippen LogP contribution is 2.42. The van der Waals surface area contributed by atoms with E-state index < -0.39 is 35.8 Å². The fourth-order valence-electron chi connectivity index (χ4n) is 4.55. The number of benzene rings is 1. The SMILES string of the molecule is C=CCN1C(=O)N[C@H](c2ccccc2C(F)(F)F)C2=C1CN([C@H](CC(C)C)C(=O)N(C)CC)C2=O. The van der Waals surface area contributed by atoms with Crippen LogP contribution in [0.2, 0.25) is 0 Å². The highest BCUT2D eigenvalue weighted by Gasteiger charge is 2.49. The molecule has 0 aliphatic carbocycles. The van der Waals surface area contributed by atoms with E-state index in [4.69, 9.17) is 0 Å². The van der Waals surface area contributed by atoms with Crippen molar-refractivity contribution in [2.75, 3.05) is 26.7 Å². The van der Waals surface area contributed by atoms with Crippen LogP contribution in [-0.2, 0) is 15.8 Å². The lowest BCUT2D eigenvalue weighted by molar-refractivity contribution is -0.142. The molecule has 3 rings (SSSR count). The van der Waals surface area contributed by atoms with E-state index in [0.717, 1.165) is 6.07 Å². The lowest BCUT2D eigenvalue weighted by Crippen LogP contribution is -2.49. The van der Waals surface area contributed by atoms with Crippen molar-refractivity contribution in [3.63, 3.8) is 0 Å². The Hall–Kier alpha value is -3.30. The first-order chi connectivity index (χ1) is 16.4. The largest absolute Gasteiger partial charge is 0.416 e. The third-order valence-electron chi connectivity index (χ3n) is 6.35. The Morgan fingerprint density at radius 2 is 1.94 bits per heavy atom. The van der Waals surface area contributed by atoms with Gasteiger partial charge in [-0.2, -0.15) is 13.2 Å². The molecule has 2 aliphatic heterocycles. The first-order valence-electron chi connectivity index (χ1n) is 11.6. The maximum Gasteiger partial charge on any atom is 0.416 e. The molecule has 7 nitrogen and oxygen atoms in total. The summed E-state index contributed by atoms with van der Waals surface area (Å²) in [6.07, 6.45) is -2.83. The Labute approximate surface area is 203 Å². The molecule has 2 atom stereocenters. The Morgan fingerprint density at radius 1 is 1.29 bits per heavy atom. The quantitative estimate of drug-likeness (QED) is 0.559. The molecule has 0 bridgehead atoms. The average Bonchev–Trinajstić information content (AvgIpc) is 3.14. The van der Waals surface area contributed by atoms with Crippen molar-refractivity contribution in [1.82, 2.24) is 20.0 Å². The van der Waals surface area contributed by atoms with E-state index in [0.29, 0.717) is 18.7 Å². The van der Waals surface area contributed by atoms with E-state index in [-0.39, 0.29) is 36.1 Å². The Balaban J connectivity index is 2.13. The molecule has 1 aromatic carbocycles. The van der Waals surface area contributed by atoms with Crippen LogP contribution in [0.15, 0.2) is 48.2 Å². The molecule has 0 aromatic heterocycles. The highest BCUT2D eigenvalue weighted by atomic mass is 19.4. The third kappa shape index (κ3) is 5.06. The first kappa shape index (κ1) is 26.3. The van der Waals surface area contributed by atoms with Gasteiger partial charge in [-0.05, 0) is 30.9 Å². The van der Waals surface area contributed by atoms with Crippen LogP contribution >= 0.6 is 0 Å². The van der Waals surface area contributed by atoms with Crippen molar-refractivity contribution >= 4 is 17.8 Å². The average molecular weight is 493 g/mol. The normalized spacial score (nSPS) is 19.1. The zero-order chi connectivity index (χ0) is 26.1. The Morgan fingerprint density at radius 3 is 2.51 bits per heavy atom. The van der Waals surface area contributed by atoms with Gasteiger partial charge < -0.3 is 15.1 Å². The minimum Gasteiger partial charge on any atom is -0.344 e. The Kier molecular flexibility index (Phi) is 7.62. The second kappa shape index (κ2) is 10.1. The molecule has 0 spiro atoms. The van der Waals surface area contributed by atoms with E-state index in [1.165, 1.54) is 39.0 Å². The molecule has 0 unspecified atom stereocenters. The number of hydrogen-bond acceptors (Lipinski definition) is 3. The van der Waals surface area contributed by atoms with Crippen LogP contribution in [-0.4, -0.2) is 65.3 Å². The smallest absolute Gasteiger partial charge is 0.344 e. The van der Waals surface area contributed by atoms with Gasteiger partial charge in [0.25, 0.3) is 5.91 Å². The van der Waals surface area contributed by atoms with Crippen molar-refractivity contribution in [2.45, 2.75) is 45.5 Å². The number of rotatable bonds is 8. The molecule has 1 N–H and O–H groups in total. The summed E-state index contributed by atoms with van der Waals surface area (Å²) in [5.74, 6) is -0.735. The van der Waals surface area contributed by atoms with Gasteiger partial charge in [0.15, 0.2) is 0 Å². The number of likely N-dealkylation sites (N-methyl/N-ethyl adjacent to an activating group) is 1. The van der Waals surface area contributed by atoms with Crippen molar-refractivity contribution in [1.29, 1.82) is 0 Å². The summed E-state index contributed by atoms with van der Waals surface area (Å²) < 4.78 is 41.5. The molecular weight excluding hydrogens is 461 g/mol. The van der Waals surface area contributed by atoms with Crippen LogP contribution in [0.4, 0.5) is 18.0 Å². The monoisotopic (exact) mass is 492 g/mol. The van der Waals surface area contributed by atoms with Crippen LogP contribution in [0, 0.1) is 5.92 Å². The van der Waals surface area contributed by atoms with Gasteiger partial charge in [0.2, 0.25) is 5.91 Å². The second-order valence-electron chi connectivity index (χ2n) is 9.16. The number of urea groups is 1. The van der Waals surface area contributed by atoms with Crippen molar-refractivity contribution in [2.24, 2.45) is 5.92 Å². The van der Waals surface area contributed by atoms with Crippen LogP contribution < -0.4 is 5.32 Å². The number of amides is 4. The predicted octanol–water partition coefficient (Wildman–Crippen LogP) is 3.95. The summed E-state index contributed by atoms with van der Waals surface area (Å²) in [4.78, 5) is 44.2. The highest BCUT2D eigenvalue weighted by molar-refractivity contribution is 6.03. The summed E-state index contributed by atoms with van der Waals surface area (Å²) >= 11 is 0. The molecule has 0 fully saturated rings. The molecule has 10 heteroatoms. The van der Waals surface area contributed by atoms with Crippen molar-refractivity contribution in [3.05, 3.63) is 59.3 Å². The molecule has 35 heavy (non-hydrogen) atoms. The van der Waals surface area contributed by atoms with E-state index in [1.54, 1.807) is 7.05 Å². The number of carbonyl (C=O) groups is 3. The summed E-state index contributed by atoms with van der Waals surface area (Å²) in [6, 6.07) is 2.15. The molecular formula is C25H31F3N4O3. The van der Waals surface area contributed by atoms with E-state index in [9.17, 15) is 27.6 Å². The Bertz CT molecular complexity index is 1050. The molecule has 190 valence electrons. The van der Waals surface area contributed by atoms with Crippen LogP contribution in [0.3, 0.4) is 0 Å².